The van der Waals surface area contributed by atoms with E-state index in [0.717, 1.165) is 17.7 Å². The number of benzene rings is 3. The molecule has 0 aliphatic rings. The zero-order valence-electron chi connectivity index (χ0n) is 14.6. The van der Waals surface area contributed by atoms with Gasteiger partial charge in [0.15, 0.2) is 0 Å². The molecule has 3 nitrogen and oxygen atoms in total. The van der Waals surface area contributed by atoms with Crippen LogP contribution in [-0.2, 0) is 12.7 Å². The molecule has 4 aromatic rings. The van der Waals surface area contributed by atoms with Crippen LogP contribution >= 0.6 is 0 Å². The summed E-state index contributed by atoms with van der Waals surface area (Å²) in [5.74, 6) is 0. The van der Waals surface area contributed by atoms with Crippen LogP contribution in [0.5, 0.6) is 0 Å². The number of hydrogen-bond acceptors (Lipinski definition) is 2. The molecule has 0 N–H and O–H groups in total. The highest BCUT2D eigenvalue weighted by Crippen LogP contribution is 2.33. The Kier molecular flexibility index (Phi) is 4.47. The molecule has 0 atom stereocenters. The number of hydrogen-bond donors (Lipinski definition) is 0. The van der Waals surface area contributed by atoms with E-state index in [1.807, 2.05) is 30.3 Å². The second kappa shape index (κ2) is 6.96. The summed E-state index contributed by atoms with van der Waals surface area (Å²) in [5, 5.41) is 5.37. The number of fused-ring (bicyclic) bond motifs is 1. The first-order valence-corrected chi connectivity index (χ1v) is 8.65. The normalized spacial score (nSPS) is 11.7. The third kappa shape index (κ3) is 3.41. The van der Waals surface area contributed by atoms with E-state index < -0.39 is 11.7 Å². The van der Waals surface area contributed by atoms with Crippen molar-refractivity contribution in [3.8, 4) is 11.3 Å². The van der Waals surface area contributed by atoms with Gasteiger partial charge in [0.05, 0.1) is 23.2 Å². The lowest BCUT2D eigenvalue weighted by atomic mass is 10.0. The molecular formula is C22H15F3N2O. The first kappa shape index (κ1) is 18.0. The highest BCUT2D eigenvalue weighted by molar-refractivity contribution is 5.93. The number of alkyl halides is 3. The minimum absolute atomic E-state index is 0.233. The maximum atomic E-state index is 13.2. The highest BCUT2D eigenvalue weighted by Gasteiger charge is 2.30. The summed E-state index contributed by atoms with van der Waals surface area (Å²) in [6, 6.07) is 21.2. The van der Waals surface area contributed by atoms with Crippen LogP contribution in [0.1, 0.15) is 11.1 Å². The first-order chi connectivity index (χ1) is 13.4. The zero-order valence-corrected chi connectivity index (χ0v) is 14.6. The molecule has 0 spiro atoms. The second-order valence-corrected chi connectivity index (χ2v) is 6.42. The molecule has 3 aromatic carbocycles. The average Bonchev–Trinajstić information content (AvgIpc) is 2.70. The number of rotatable bonds is 3. The summed E-state index contributed by atoms with van der Waals surface area (Å²) in [6.07, 6.45) is -4.45. The summed E-state index contributed by atoms with van der Waals surface area (Å²) in [6.45, 7) is 0.233. The van der Waals surface area contributed by atoms with Crippen molar-refractivity contribution >= 4 is 10.8 Å². The number of aromatic nitrogens is 2. The standard InChI is InChI=1S/C22H15F3N2O/c23-22(24,25)17-10-6-9-16(13-17)20-18-11-4-5-12-19(18)21(28)27(26-20)14-15-7-2-1-3-8-15/h1-13H,14H2. The highest BCUT2D eigenvalue weighted by atomic mass is 19.4. The van der Waals surface area contributed by atoms with Crippen molar-refractivity contribution in [2.45, 2.75) is 12.7 Å². The third-order valence-electron chi connectivity index (χ3n) is 4.51. The molecule has 140 valence electrons. The largest absolute Gasteiger partial charge is 0.416 e. The molecular weight excluding hydrogens is 365 g/mol. The zero-order chi connectivity index (χ0) is 19.7. The second-order valence-electron chi connectivity index (χ2n) is 6.42. The lowest BCUT2D eigenvalue weighted by Crippen LogP contribution is -2.24. The fourth-order valence-electron chi connectivity index (χ4n) is 3.15. The first-order valence-electron chi connectivity index (χ1n) is 8.65. The Morgan fingerprint density at radius 1 is 0.821 bits per heavy atom. The minimum Gasteiger partial charge on any atom is -0.267 e. The van der Waals surface area contributed by atoms with Crippen molar-refractivity contribution < 1.29 is 13.2 Å². The molecule has 28 heavy (non-hydrogen) atoms. The molecule has 6 heteroatoms. The number of nitrogens with zero attached hydrogens (tertiary/aromatic N) is 2. The Labute approximate surface area is 158 Å². The summed E-state index contributed by atoms with van der Waals surface area (Å²) < 4.78 is 40.8. The monoisotopic (exact) mass is 380 g/mol. The summed E-state index contributed by atoms with van der Waals surface area (Å²) in [4.78, 5) is 12.9. The molecule has 1 heterocycles. The molecule has 1 aromatic heterocycles. The van der Waals surface area contributed by atoms with E-state index in [4.69, 9.17) is 0 Å². The Balaban J connectivity index is 1.93. The van der Waals surface area contributed by atoms with Gasteiger partial charge in [-0.05, 0) is 23.8 Å². The maximum absolute atomic E-state index is 13.2. The smallest absolute Gasteiger partial charge is 0.267 e. The third-order valence-corrected chi connectivity index (χ3v) is 4.51. The quantitative estimate of drug-likeness (QED) is 0.494. The van der Waals surface area contributed by atoms with Gasteiger partial charge in [-0.3, -0.25) is 4.79 Å². The fourth-order valence-corrected chi connectivity index (χ4v) is 3.15. The van der Waals surface area contributed by atoms with E-state index in [9.17, 15) is 18.0 Å². The predicted octanol–water partition coefficient (Wildman–Crippen LogP) is 5.13. The molecule has 0 radical (unpaired) electrons. The van der Waals surface area contributed by atoms with Crippen molar-refractivity contribution in [1.29, 1.82) is 0 Å². The van der Waals surface area contributed by atoms with E-state index in [-0.39, 0.29) is 12.1 Å². The van der Waals surface area contributed by atoms with Crippen LogP contribution in [-0.4, -0.2) is 9.78 Å². The maximum Gasteiger partial charge on any atom is 0.416 e. The van der Waals surface area contributed by atoms with Gasteiger partial charge in [-0.15, -0.1) is 0 Å². The molecule has 0 unspecified atom stereocenters. The predicted molar refractivity (Wildman–Crippen MR) is 102 cm³/mol. The Bertz CT molecular complexity index is 1200. The van der Waals surface area contributed by atoms with Gasteiger partial charge in [0, 0.05) is 10.9 Å². The van der Waals surface area contributed by atoms with Crippen molar-refractivity contribution in [3.05, 3.63) is 100 Å². The van der Waals surface area contributed by atoms with E-state index >= 15 is 0 Å². The molecule has 0 saturated heterocycles. The van der Waals surface area contributed by atoms with Crippen LogP contribution in [0.15, 0.2) is 83.7 Å². The van der Waals surface area contributed by atoms with Gasteiger partial charge in [-0.25, -0.2) is 4.68 Å². The fraction of sp³-hybridized carbons (Fsp3) is 0.0909. The van der Waals surface area contributed by atoms with Gasteiger partial charge in [-0.1, -0.05) is 60.7 Å². The molecule has 0 aliphatic heterocycles. The lowest BCUT2D eigenvalue weighted by Gasteiger charge is -2.13. The molecule has 4 rings (SSSR count). The van der Waals surface area contributed by atoms with E-state index in [1.165, 1.54) is 10.7 Å². The van der Waals surface area contributed by atoms with Gasteiger partial charge >= 0.3 is 6.18 Å². The number of halogens is 3. The topological polar surface area (TPSA) is 34.9 Å². The molecule has 0 fully saturated rings. The molecule has 0 saturated carbocycles. The van der Waals surface area contributed by atoms with Gasteiger partial charge < -0.3 is 0 Å². The van der Waals surface area contributed by atoms with Crippen LogP contribution in [0.2, 0.25) is 0 Å². The van der Waals surface area contributed by atoms with Gasteiger partial charge in [0.25, 0.3) is 5.56 Å². The van der Waals surface area contributed by atoms with Crippen molar-refractivity contribution in [1.82, 2.24) is 9.78 Å². The summed E-state index contributed by atoms with van der Waals surface area (Å²) >= 11 is 0. The van der Waals surface area contributed by atoms with Gasteiger partial charge in [0.2, 0.25) is 0 Å². The van der Waals surface area contributed by atoms with Crippen molar-refractivity contribution in [2.24, 2.45) is 0 Å². The average molecular weight is 380 g/mol. The van der Waals surface area contributed by atoms with Crippen LogP contribution in [0.3, 0.4) is 0 Å². The van der Waals surface area contributed by atoms with E-state index in [0.29, 0.717) is 22.0 Å². The van der Waals surface area contributed by atoms with Gasteiger partial charge in [-0.2, -0.15) is 18.3 Å². The van der Waals surface area contributed by atoms with Crippen molar-refractivity contribution in [2.75, 3.05) is 0 Å². The Morgan fingerprint density at radius 2 is 1.50 bits per heavy atom. The summed E-state index contributed by atoms with van der Waals surface area (Å²) in [7, 11) is 0. The van der Waals surface area contributed by atoms with E-state index in [2.05, 4.69) is 5.10 Å². The van der Waals surface area contributed by atoms with Gasteiger partial charge in [0.1, 0.15) is 0 Å². The summed E-state index contributed by atoms with van der Waals surface area (Å²) in [5.41, 5.74) is 0.499. The lowest BCUT2D eigenvalue weighted by molar-refractivity contribution is -0.137. The SMILES string of the molecule is O=c1c2ccccc2c(-c2cccc(C(F)(F)F)c2)nn1Cc1ccccc1. The Morgan fingerprint density at radius 3 is 2.21 bits per heavy atom. The molecule has 0 bridgehead atoms. The van der Waals surface area contributed by atoms with Crippen LogP contribution < -0.4 is 5.56 Å². The molecule has 0 aliphatic carbocycles. The Hall–Kier alpha value is -3.41. The van der Waals surface area contributed by atoms with Crippen LogP contribution in [0, 0.1) is 0 Å². The van der Waals surface area contributed by atoms with Crippen molar-refractivity contribution in [3.63, 3.8) is 0 Å². The van der Waals surface area contributed by atoms with Crippen LogP contribution in [0.25, 0.3) is 22.0 Å². The molecule has 0 amide bonds. The van der Waals surface area contributed by atoms with Crippen LogP contribution in [0.4, 0.5) is 13.2 Å². The van der Waals surface area contributed by atoms with E-state index in [1.54, 1.807) is 30.3 Å². The minimum atomic E-state index is -4.45.